The molecular formula is C20H28BrN3O2. The lowest BCUT2D eigenvalue weighted by Crippen LogP contribution is -2.62. The molecule has 0 saturated carbocycles. The Morgan fingerprint density at radius 2 is 1.73 bits per heavy atom. The average Bonchev–Trinajstić information content (AvgIpc) is 2.87. The minimum atomic E-state index is -0.285. The highest BCUT2D eigenvalue weighted by Crippen LogP contribution is 2.30. The molecule has 1 unspecified atom stereocenters. The van der Waals surface area contributed by atoms with Crippen LogP contribution >= 0.6 is 15.9 Å². The zero-order chi connectivity index (χ0) is 19.1. The summed E-state index contributed by atoms with van der Waals surface area (Å²) < 4.78 is 0.971. The molecule has 1 aromatic rings. The lowest BCUT2D eigenvalue weighted by molar-refractivity contribution is -0.127. The highest BCUT2D eigenvalue weighted by atomic mass is 79.9. The van der Waals surface area contributed by atoms with E-state index in [9.17, 15) is 9.59 Å². The molecule has 1 atom stereocenters. The normalized spacial score (nSPS) is 25.3. The first kappa shape index (κ1) is 19.4. The van der Waals surface area contributed by atoms with Crippen LogP contribution in [0.5, 0.6) is 0 Å². The summed E-state index contributed by atoms with van der Waals surface area (Å²) in [5, 5.41) is 6.84. The first-order valence-electron chi connectivity index (χ1n) is 9.20. The largest absolute Gasteiger partial charge is 0.353 e. The van der Waals surface area contributed by atoms with Gasteiger partial charge in [-0.15, -0.1) is 0 Å². The van der Waals surface area contributed by atoms with Crippen molar-refractivity contribution >= 4 is 33.4 Å². The van der Waals surface area contributed by atoms with Gasteiger partial charge in [0.1, 0.15) is 0 Å². The van der Waals surface area contributed by atoms with E-state index in [1.807, 2.05) is 24.3 Å². The summed E-state index contributed by atoms with van der Waals surface area (Å²) in [6, 6.07) is 7.76. The Hall–Kier alpha value is -1.40. The van der Waals surface area contributed by atoms with Crippen molar-refractivity contribution in [3.05, 3.63) is 28.7 Å². The molecule has 1 aromatic carbocycles. The lowest BCUT2D eigenvalue weighted by atomic mass is 9.79. The van der Waals surface area contributed by atoms with Crippen molar-refractivity contribution in [2.24, 2.45) is 5.92 Å². The summed E-state index contributed by atoms with van der Waals surface area (Å²) >= 11 is 3.41. The maximum atomic E-state index is 12.8. The highest BCUT2D eigenvalue weighted by Gasteiger charge is 2.40. The number of halogens is 1. The molecular weight excluding hydrogens is 394 g/mol. The van der Waals surface area contributed by atoms with E-state index in [1.165, 1.54) is 0 Å². The Morgan fingerprint density at radius 3 is 2.31 bits per heavy atom. The number of anilines is 1. The fourth-order valence-electron chi connectivity index (χ4n) is 4.50. The first-order chi connectivity index (χ1) is 12.0. The molecule has 2 fully saturated rings. The molecule has 2 aliphatic heterocycles. The van der Waals surface area contributed by atoms with Crippen molar-refractivity contribution in [2.75, 3.05) is 11.4 Å². The van der Waals surface area contributed by atoms with Gasteiger partial charge in [0.25, 0.3) is 0 Å². The first-order valence-corrected chi connectivity index (χ1v) is 10.00. The van der Waals surface area contributed by atoms with Crippen LogP contribution in [0, 0.1) is 5.92 Å². The molecule has 2 aliphatic rings. The van der Waals surface area contributed by atoms with Gasteiger partial charge in [0, 0.05) is 40.2 Å². The number of amides is 2. The van der Waals surface area contributed by atoms with E-state index in [4.69, 9.17) is 0 Å². The van der Waals surface area contributed by atoms with Crippen molar-refractivity contribution in [1.29, 1.82) is 0 Å². The fourth-order valence-corrected chi connectivity index (χ4v) is 4.76. The summed E-state index contributed by atoms with van der Waals surface area (Å²) in [6.07, 6.45) is 2.05. The van der Waals surface area contributed by atoms with Crippen LogP contribution in [0.15, 0.2) is 28.7 Å². The van der Waals surface area contributed by atoms with Gasteiger partial charge in [-0.3, -0.25) is 9.59 Å². The number of carbonyl (C=O) groups is 2. The number of piperidine rings is 1. The zero-order valence-corrected chi connectivity index (χ0v) is 17.5. The Balaban J connectivity index is 1.64. The van der Waals surface area contributed by atoms with E-state index < -0.39 is 0 Å². The van der Waals surface area contributed by atoms with Crippen LogP contribution in [0.4, 0.5) is 5.69 Å². The van der Waals surface area contributed by atoms with Crippen LogP contribution in [0.1, 0.15) is 47.0 Å². The van der Waals surface area contributed by atoms with E-state index in [2.05, 4.69) is 54.3 Å². The molecule has 0 spiro atoms. The highest BCUT2D eigenvalue weighted by molar-refractivity contribution is 9.10. The van der Waals surface area contributed by atoms with E-state index in [1.54, 1.807) is 4.90 Å². The Bertz CT molecular complexity index is 684. The van der Waals surface area contributed by atoms with Crippen LogP contribution in [0.25, 0.3) is 0 Å². The minimum Gasteiger partial charge on any atom is -0.353 e. The van der Waals surface area contributed by atoms with Crippen molar-refractivity contribution in [3.8, 4) is 0 Å². The van der Waals surface area contributed by atoms with Crippen LogP contribution < -0.4 is 15.5 Å². The molecule has 5 nitrogen and oxygen atoms in total. The Morgan fingerprint density at radius 1 is 1.15 bits per heavy atom. The fraction of sp³-hybridized carbons (Fsp3) is 0.600. The van der Waals surface area contributed by atoms with Crippen molar-refractivity contribution in [1.82, 2.24) is 10.6 Å². The number of nitrogens with one attached hydrogen (secondary N) is 2. The standard InChI is InChI=1S/C20H28BrN3O2/c1-19(2)10-15(11-20(3,4)23-19)22-18(26)13-9-17(25)24(12-13)16-7-5-14(21)6-8-16/h5-8,13,15,23H,9-12H2,1-4H3,(H,22,26). The van der Waals surface area contributed by atoms with E-state index in [0.717, 1.165) is 23.0 Å². The van der Waals surface area contributed by atoms with Crippen LogP contribution in [0.3, 0.4) is 0 Å². The van der Waals surface area contributed by atoms with Gasteiger partial charge in [-0.1, -0.05) is 15.9 Å². The van der Waals surface area contributed by atoms with Crippen LogP contribution in [-0.4, -0.2) is 35.5 Å². The quantitative estimate of drug-likeness (QED) is 0.787. The summed E-state index contributed by atoms with van der Waals surface area (Å²) in [6.45, 7) is 9.12. The van der Waals surface area contributed by atoms with E-state index in [-0.39, 0.29) is 41.3 Å². The third-order valence-corrected chi connectivity index (χ3v) is 5.70. The molecule has 26 heavy (non-hydrogen) atoms. The number of rotatable bonds is 3. The van der Waals surface area contributed by atoms with Gasteiger partial charge in [0.05, 0.1) is 5.92 Å². The second kappa shape index (κ2) is 6.97. The topological polar surface area (TPSA) is 61.4 Å². The molecule has 0 aliphatic carbocycles. The van der Waals surface area contributed by atoms with Gasteiger partial charge in [0.2, 0.25) is 11.8 Å². The minimum absolute atomic E-state index is 0.00328. The van der Waals surface area contributed by atoms with Crippen molar-refractivity contribution in [3.63, 3.8) is 0 Å². The second-order valence-corrected chi connectivity index (χ2v) is 9.80. The van der Waals surface area contributed by atoms with Crippen LogP contribution in [0.2, 0.25) is 0 Å². The molecule has 142 valence electrons. The summed E-state index contributed by atoms with van der Waals surface area (Å²) in [7, 11) is 0. The Labute approximate surface area is 164 Å². The van der Waals surface area contributed by atoms with Gasteiger partial charge in [-0.05, 0) is 64.8 Å². The molecule has 3 rings (SSSR count). The van der Waals surface area contributed by atoms with Crippen molar-refractivity contribution < 1.29 is 9.59 Å². The predicted molar refractivity (Wildman–Crippen MR) is 107 cm³/mol. The van der Waals surface area contributed by atoms with Gasteiger partial charge in [0.15, 0.2) is 0 Å². The summed E-state index contributed by atoms with van der Waals surface area (Å²) in [4.78, 5) is 26.9. The van der Waals surface area contributed by atoms with Gasteiger partial charge in [-0.25, -0.2) is 0 Å². The summed E-state index contributed by atoms with van der Waals surface area (Å²) in [5.74, 6) is -0.276. The van der Waals surface area contributed by atoms with Gasteiger partial charge < -0.3 is 15.5 Å². The van der Waals surface area contributed by atoms with E-state index in [0.29, 0.717) is 6.54 Å². The Kier molecular flexibility index (Phi) is 5.19. The van der Waals surface area contributed by atoms with E-state index >= 15 is 0 Å². The number of benzene rings is 1. The summed E-state index contributed by atoms with van der Waals surface area (Å²) in [5.41, 5.74) is 0.807. The molecule has 2 heterocycles. The molecule has 0 aromatic heterocycles. The molecule has 0 bridgehead atoms. The maximum absolute atomic E-state index is 12.8. The zero-order valence-electron chi connectivity index (χ0n) is 15.9. The predicted octanol–water partition coefficient (Wildman–Crippen LogP) is 3.23. The van der Waals surface area contributed by atoms with Crippen molar-refractivity contribution in [2.45, 2.75) is 64.1 Å². The average molecular weight is 422 g/mol. The number of carbonyl (C=O) groups excluding carboxylic acids is 2. The molecule has 6 heteroatoms. The molecule has 2 amide bonds. The second-order valence-electron chi connectivity index (χ2n) is 8.89. The monoisotopic (exact) mass is 421 g/mol. The maximum Gasteiger partial charge on any atom is 0.227 e. The lowest BCUT2D eigenvalue weighted by Gasteiger charge is -2.46. The SMILES string of the molecule is CC1(C)CC(NC(=O)C2CC(=O)N(c3ccc(Br)cc3)C2)CC(C)(C)N1. The van der Waals surface area contributed by atoms with Crippen LogP contribution in [-0.2, 0) is 9.59 Å². The van der Waals surface area contributed by atoms with Gasteiger partial charge >= 0.3 is 0 Å². The van der Waals surface area contributed by atoms with Gasteiger partial charge in [-0.2, -0.15) is 0 Å². The molecule has 0 radical (unpaired) electrons. The third kappa shape index (κ3) is 4.46. The smallest absolute Gasteiger partial charge is 0.227 e. The number of nitrogens with zero attached hydrogens (tertiary/aromatic N) is 1. The molecule has 2 saturated heterocycles. The third-order valence-electron chi connectivity index (χ3n) is 5.17. The number of hydrogen-bond acceptors (Lipinski definition) is 3. The molecule has 2 N–H and O–H groups in total. The number of hydrogen-bond donors (Lipinski definition) is 2.